The van der Waals surface area contributed by atoms with Crippen molar-refractivity contribution in [1.82, 2.24) is 9.38 Å². The predicted octanol–water partition coefficient (Wildman–Crippen LogP) is 4.70. The second kappa shape index (κ2) is 5.77. The van der Waals surface area contributed by atoms with Crippen LogP contribution >= 0.6 is 22.9 Å². The van der Waals surface area contributed by atoms with Crippen molar-refractivity contribution in [2.24, 2.45) is 0 Å². The molecule has 0 fully saturated rings. The molecule has 0 saturated heterocycles. The van der Waals surface area contributed by atoms with Crippen molar-refractivity contribution in [1.29, 1.82) is 0 Å². The summed E-state index contributed by atoms with van der Waals surface area (Å²) in [5.41, 5.74) is 1.24. The number of amides is 1. The van der Waals surface area contributed by atoms with E-state index in [9.17, 15) is 9.18 Å². The SMILES string of the molecule is O=C(Nc1c(-c2ccc(F)cc2)nc2sccn12)c1ccc(Cl)o1. The molecule has 0 radical (unpaired) electrons. The predicted molar refractivity (Wildman–Crippen MR) is 90.1 cm³/mol. The van der Waals surface area contributed by atoms with Crippen molar-refractivity contribution in [3.63, 3.8) is 0 Å². The van der Waals surface area contributed by atoms with E-state index in [-0.39, 0.29) is 16.8 Å². The summed E-state index contributed by atoms with van der Waals surface area (Å²) in [4.78, 5) is 17.6. The van der Waals surface area contributed by atoms with E-state index in [0.717, 1.165) is 0 Å². The molecule has 0 saturated carbocycles. The van der Waals surface area contributed by atoms with Gasteiger partial charge in [-0.25, -0.2) is 9.37 Å². The third kappa shape index (κ3) is 2.57. The molecule has 3 aromatic heterocycles. The van der Waals surface area contributed by atoms with Gasteiger partial charge in [-0.2, -0.15) is 0 Å². The summed E-state index contributed by atoms with van der Waals surface area (Å²) in [6.45, 7) is 0. The number of halogens is 2. The van der Waals surface area contributed by atoms with Crippen LogP contribution in [0.5, 0.6) is 0 Å². The number of aromatic nitrogens is 2. The monoisotopic (exact) mass is 361 g/mol. The van der Waals surface area contributed by atoms with Crippen LogP contribution in [0.4, 0.5) is 10.2 Å². The lowest BCUT2D eigenvalue weighted by Gasteiger charge is -2.05. The number of rotatable bonds is 3. The van der Waals surface area contributed by atoms with Crippen LogP contribution in [0.1, 0.15) is 10.6 Å². The Hall–Kier alpha value is -2.64. The van der Waals surface area contributed by atoms with Crippen LogP contribution in [-0.2, 0) is 0 Å². The molecular weight excluding hydrogens is 353 g/mol. The standard InChI is InChI=1S/C16H9ClFN3O2S/c17-12-6-5-11(23-12)15(22)20-14-13(9-1-3-10(18)4-2-9)19-16-21(14)7-8-24-16/h1-8H,(H,20,22). The largest absolute Gasteiger partial charge is 0.440 e. The van der Waals surface area contributed by atoms with E-state index in [1.54, 1.807) is 22.7 Å². The molecule has 0 unspecified atom stereocenters. The number of nitrogens with zero attached hydrogens (tertiary/aromatic N) is 2. The Balaban J connectivity index is 1.78. The molecule has 24 heavy (non-hydrogen) atoms. The molecule has 1 N–H and O–H groups in total. The lowest BCUT2D eigenvalue weighted by atomic mass is 10.1. The first-order valence-corrected chi connectivity index (χ1v) is 8.16. The Morgan fingerprint density at radius 2 is 2.04 bits per heavy atom. The van der Waals surface area contributed by atoms with Crippen LogP contribution < -0.4 is 5.32 Å². The third-order valence-corrected chi connectivity index (χ3v) is 4.37. The van der Waals surface area contributed by atoms with Gasteiger partial charge < -0.3 is 9.73 Å². The van der Waals surface area contributed by atoms with E-state index >= 15 is 0 Å². The molecule has 0 aliphatic carbocycles. The Morgan fingerprint density at radius 3 is 2.75 bits per heavy atom. The van der Waals surface area contributed by atoms with Crippen LogP contribution in [0.2, 0.25) is 5.22 Å². The molecule has 0 aliphatic heterocycles. The molecule has 0 bridgehead atoms. The van der Waals surface area contributed by atoms with Gasteiger partial charge in [0.05, 0.1) is 0 Å². The van der Waals surface area contributed by atoms with Crippen molar-refractivity contribution in [2.75, 3.05) is 5.32 Å². The molecule has 8 heteroatoms. The molecule has 4 aromatic rings. The van der Waals surface area contributed by atoms with Crippen molar-refractivity contribution >= 4 is 39.6 Å². The number of anilines is 1. The van der Waals surface area contributed by atoms with E-state index in [1.165, 1.54) is 35.6 Å². The number of hydrogen-bond acceptors (Lipinski definition) is 4. The second-order valence-corrected chi connectivity index (χ2v) is 6.17. The number of carbonyl (C=O) groups is 1. The van der Waals surface area contributed by atoms with E-state index in [4.69, 9.17) is 16.0 Å². The maximum atomic E-state index is 13.2. The van der Waals surface area contributed by atoms with Gasteiger partial charge >= 0.3 is 0 Å². The normalized spacial score (nSPS) is 11.1. The Morgan fingerprint density at radius 1 is 1.25 bits per heavy atom. The fourth-order valence-electron chi connectivity index (χ4n) is 2.32. The number of hydrogen-bond donors (Lipinski definition) is 1. The average molecular weight is 362 g/mol. The minimum atomic E-state index is -0.446. The minimum absolute atomic E-state index is 0.0928. The van der Waals surface area contributed by atoms with E-state index in [1.807, 2.05) is 5.38 Å². The first-order valence-electron chi connectivity index (χ1n) is 6.90. The summed E-state index contributed by atoms with van der Waals surface area (Å²) in [6.07, 6.45) is 1.80. The van der Waals surface area contributed by atoms with Gasteiger partial charge in [0.25, 0.3) is 5.91 Å². The number of thiazole rings is 1. The van der Waals surface area contributed by atoms with Gasteiger partial charge in [0.15, 0.2) is 15.9 Å². The van der Waals surface area contributed by atoms with E-state index < -0.39 is 5.91 Å². The van der Waals surface area contributed by atoms with Crippen LogP contribution in [0.15, 0.2) is 52.4 Å². The Bertz CT molecular complexity index is 1040. The zero-order valence-electron chi connectivity index (χ0n) is 12.0. The second-order valence-electron chi connectivity index (χ2n) is 4.93. The van der Waals surface area contributed by atoms with Crippen molar-refractivity contribution in [3.05, 3.63) is 64.8 Å². The molecule has 0 atom stereocenters. The third-order valence-electron chi connectivity index (χ3n) is 3.41. The zero-order valence-corrected chi connectivity index (χ0v) is 13.6. The van der Waals surface area contributed by atoms with Gasteiger partial charge in [-0.1, -0.05) is 0 Å². The summed E-state index contributed by atoms with van der Waals surface area (Å²) < 4.78 is 20.0. The van der Waals surface area contributed by atoms with Crippen LogP contribution in [-0.4, -0.2) is 15.3 Å². The number of fused-ring (bicyclic) bond motifs is 1. The first kappa shape index (κ1) is 14.9. The molecule has 1 amide bonds. The van der Waals surface area contributed by atoms with Crippen molar-refractivity contribution in [3.8, 4) is 11.3 Å². The number of carbonyl (C=O) groups excluding carboxylic acids is 1. The molecule has 4 rings (SSSR count). The summed E-state index contributed by atoms with van der Waals surface area (Å²) >= 11 is 7.14. The molecule has 120 valence electrons. The van der Waals surface area contributed by atoms with Gasteiger partial charge in [-0.05, 0) is 48.0 Å². The topological polar surface area (TPSA) is 59.5 Å². The maximum absolute atomic E-state index is 13.2. The van der Waals surface area contributed by atoms with Gasteiger partial charge in [0.2, 0.25) is 0 Å². The highest BCUT2D eigenvalue weighted by atomic mass is 35.5. The maximum Gasteiger partial charge on any atom is 0.292 e. The highest BCUT2D eigenvalue weighted by molar-refractivity contribution is 7.15. The average Bonchev–Trinajstić information content (AvgIpc) is 3.26. The molecule has 0 aliphatic rings. The van der Waals surface area contributed by atoms with Gasteiger partial charge in [-0.15, -0.1) is 11.3 Å². The summed E-state index contributed by atoms with van der Waals surface area (Å²) in [5.74, 6) is -0.209. The van der Waals surface area contributed by atoms with Gasteiger partial charge in [-0.3, -0.25) is 9.20 Å². The lowest BCUT2D eigenvalue weighted by Crippen LogP contribution is -2.13. The number of benzene rings is 1. The zero-order chi connectivity index (χ0) is 16.7. The quantitative estimate of drug-likeness (QED) is 0.575. The smallest absolute Gasteiger partial charge is 0.292 e. The summed E-state index contributed by atoms with van der Waals surface area (Å²) in [5, 5.41) is 4.77. The van der Waals surface area contributed by atoms with Crippen LogP contribution in [0, 0.1) is 5.82 Å². The van der Waals surface area contributed by atoms with E-state index in [2.05, 4.69) is 10.3 Å². The number of imidazole rings is 1. The van der Waals surface area contributed by atoms with Crippen LogP contribution in [0.3, 0.4) is 0 Å². The van der Waals surface area contributed by atoms with Crippen molar-refractivity contribution < 1.29 is 13.6 Å². The van der Waals surface area contributed by atoms with E-state index in [0.29, 0.717) is 22.0 Å². The molecule has 5 nitrogen and oxygen atoms in total. The number of nitrogens with one attached hydrogen (secondary N) is 1. The summed E-state index contributed by atoms with van der Waals surface area (Å²) in [6, 6.07) is 8.90. The van der Waals surface area contributed by atoms with Crippen molar-refractivity contribution in [2.45, 2.75) is 0 Å². The highest BCUT2D eigenvalue weighted by Crippen LogP contribution is 2.31. The fourth-order valence-corrected chi connectivity index (χ4v) is 3.18. The molecule has 1 aromatic carbocycles. The highest BCUT2D eigenvalue weighted by Gasteiger charge is 2.19. The first-order chi connectivity index (χ1) is 11.6. The summed E-state index contributed by atoms with van der Waals surface area (Å²) in [7, 11) is 0. The Labute approximate surface area is 144 Å². The van der Waals surface area contributed by atoms with Gasteiger partial charge in [0, 0.05) is 17.1 Å². The van der Waals surface area contributed by atoms with Crippen LogP contribution in [0.25, 0.3) is 16.2 Å². The fraction of sp³-hybridized carbons (Fsp3) is 0. The minimum Gasteiger partial charge on any atom is -0.440 e. The molecule has 0 spiro atoms. The lowest BCUT2D eigenvalue weighted by molar-refractivity contribution is 0.0996. The Kier molecular flexibility index (Phi) is 3.59. The van der Waals surface area contributed by atoms with Gasteiger partial charge in [0.1, 0.15) is 17.3 Å². The molecular formula is C16H9ClFN3O2S. The molecule has 3 heterocycles. The number of furan rings is 1.